The number of fused-ring (bicyclic) bond motifs is 1. The molecular formula is C19H13ClF4N4S. The van der Waals surface area contributed by atoms with Crippen molar-refractivity contribution in [3.05, 3.63) is 70.3 Å². The minimum Gasteiger partial charge on any atom is -0.206 e. The molecule has 2 aromatic heterocycles. The van der Waals surface area contributed by atoms with E-state index in [2.05, 4.69) is 15.3 Å². The van der Waals surface area contributed by atoms with E-state index < -0.39 is 23.0 Å². The lowest BCUT2D eigenvalue weighted by Gasteiger charge is -2.22. The van der Waals surface area contributed by atoms with Gasteiger partial charge in [0.1, 0.15) is 5.82 Å². The smallest absolute Gasteiger partial charge is 0.206 e. The molecule has 0 amide bonds. The van der Waals surface area contributed by atoms with Gasteiger partial charge in [0, 0.05) is 10.6 Å². The molecule has 2 heterocycles. The molecular weight excluding hydrogens is 428 g/mol. The monoisotopic (exact) mass is 440 g/mol. The third-order valence-corrected chi connectivity index (χ3v) is 5.83. The van der Waals surface area contributed by atoms with Crippen LogP contribution in [0, 0.1) is 5.82 Å². The number of benzene rings is 2. The maximum atomic E-state index is 14.3. The van der Waals surface area contributed by atoms with E-state index in [-0.39, 0.29) is 10.6 Å². The van der Waals surface area contributed by atoms with Crippen molar-refractivity contribution in [1.82, 2.24) is 19.8 Å². The van der Waals surface area contributed by atoms with Gasteiger partial charge in [-0.15, -0.1) is 10.2 Å². The van der Waals surface area contributed by atoms with Crippen LogP contribution < -0.4 is 0 Å². The third kappa shape index (κ3) is 3.49. The molecule has 0 radical (unpaired) electrons. The summed E-state index contributed by atoms with van der Waals surface area (Å²) in [6, 6.07) is 9.64. The van der Waals surface area contributed by atoms with E-state index in [1.54, 1.807) is 12.1 Å². The Balaban J connectivity index is 1.78. The summed E-state index contributed by atoms with van der Waals surface area (Å²) in [5.74, 6) is -0.479. The molecule has 0 unspecified atom stereocenters. The molecule has 0 fully saturated rings. The molecule has 0 saturated heterocycles. The summed E-state index contributed by atoms with van der Waals surface area (Å²) in [5, 5.41) is 13.5. The Bertz CT molecular complexity index is 1200. The molecule has 0 aliphatic rings. The maximum absolute atomic E-state index is 14.3. The van der Waals surface area contributed by atoms with Gasteiger partial charge in [-0.3, -0.25) is 0 Å². The first-order valence-electron chi connectivity index (χ1n) is 8.43. The summed E-state index contributed by atoms with van der Waals surface area (Å²) >= 11 is 7.01. The van der Waals surface area contributed by atoms with Crippen molar-refractivity contribution < 1.29 is 17.6 Å². The Hall–Kier alpha value is -2.52. The summed E-state index contributed by atoms with van der Waals surface area (Å²) in [5.41, 5.74) is -0.741. The van der Waals surface area contributed by atoms with Crippen molar-refractivity contribution in [2.45, 2.75) is 25.4 Å². The highest BCUT2D eigenvalue weighted by molar-refractivity contribution is 7.19. The Morgan fingerprint density at radius 2 is 1.62 bits per heavy atom. The molecule has 10 heteroatoms. The first kappa shape index (κ1) is 19.8. The Kier molecular flexibility index (Phi) is 4.62. The molecule has 0 aliphatic carbocycles. The highest BCUT2D eigenvalue weighted by Crippen LogP contribution is 2.36. The van der Waals surface area contributed by atoms with Gasteiger partial charge < -0.3 is 0 Å². The number of hydrogen-bond donors (Lipinski definition) is 0. The van der Waals surface area contributed by atoms with Crippen molar-refractivity contribution in [2.75, 3.05) is 0 Å². The fourth-order valence-electron chi connectivity index (χ4n) is 2.98. The second-order valence-corrected chi connectivity index (χ2v) is 8.34. The predicted octanol–water partition coefficient (Wildman–Crippen LogP) is 5.99. The summed E-state index contributed by atoms with van der Waals surface area (Å²) in [7, 11) is 0. The van der Waals surface area contributed by atoms with Gasteiger partial charge in [0.05, 0.1) is 11.0 Å². The predicted molar refractivity (Wildman–Crippen MR) is 103 cm³/mol. The van der Waals surface area contributed by atoms with Crippen LogP contribution in [-0.2, 0) is 11.6 Å². The van der Waals surface area contributed by atoms with Crippen LogP contribution in [0.5, 0.6) is 0 Å². The summed E-state index contributed by atoms with van der Waals surface area (Å²) in [6.07, 6.45) is -4.61. The number of hydrogen-bond acceptors (Lipinski definition) is 4. The average molecular weight is 441 g/mol. The number of halogens is 5. The van der Waals surface area contributed by atoms with Crippen molar-refractivity contribution in [3.63, 3.8) is 0 Å². The molecule has 0 aliphatic heterocycles. The molecule has 0 N–H and O–H groups in total. The fourth-order valence-corrected chi connectivity index (χ4v) is 3.97. The Morgan fingerprint density at radius 3 is 2.24 bits per heavy atom. The van der Waals surface area contributed by atoms with Crippen molar-refractivity contribution in [2.24, 2.45) is 0 Å². The fraction of sp³-hybridized carbons (Fsp3) is 0.211. The lowest BCUT2D eigenvalue weighted by molar-refractivity contribution is -0.137. The van der Waals surface area contributed by atoms with Crippen LogP contribution in [0.25, 0.3) is 15.5 Å². The second-order valence-electron chi connectivity index (χ2n) is 6.95. The zero-order valence-corrected chi connectivity index (χ0v) is 16.7. The van der Waals surface area contributed by atoms with Crippen molar-refractivity contribution in [3.8, 4) is 10.6 Å². The second kappa shape index (κ2) is 6.77. The van der Waals surface area contributed by atoms with Gasteiger partial charge in [0.2, 0.25) is 4.96 Å². The molecule has 4 rings (SSSR count). The summed E-state index contributed by atoms with van der Waals surface area (Å²) in [4.78, 5) is 0.413. The van der Waals surface area contributed by atoms with Crippen LogP contribution in [0.15, 0.2) is 42.5 Å². The molecule has 2 aromatic carbocycles. The molecule has 0 saturated carbocycles. The minimum absolute atomic E-state index is 0.0243. The van der Waals surface area contributed by atoms with E-state index in [4.69, 9.17) is 11.6 Å². The topological polar surface area (TPSA) is 43.1 Å². The molecule has 29 heavy (non-hydrogen) atoms. The highest BCUT2D eigenvalue weighted by atomic mass is 35.5. The third-order valence-electron chi connectivity index (χ3n) is 4.64. The van der Waals surface area contributed by atoms with E-state index in [0.29, 0.717) is 21.9 Å². The maximum Gasteiger partial charge on any atom is 0.416 e. The zero-order chi connectivity index (χ0) is 21.0. The average Bonchev–Trinajstić information content (AvgIpc) is 3.21. The molecule has 4 nitrogen and oxygen atoms in total. The van der Waals surface area contributed by atoms with Gasteiger partial charge in [-0.05, 0) is 49.7 Å². The van der Waals surface area contributed by atoms with Gasteiger partial charge >= 0.3 is 6.18 Å². The lowest BCUT2D eigenvalue weighted by atomic mass is 9.84. The van der Waals surface area contributed by atoms with Crippen LogP contribution in [0.2, 0.25) is 5.02 Å². The quantitative estimate of drug-likeness (QED) is 0.367. The van der Waals surface area contributed by atoms with Crippen LogP contribution in [0.4, 0.5) is 17.6 Å². The van der Waals surface area contributed by atoms with Crippen LogP contribution in [-0.4, -0.2) is 19.8 Å². The largest absolute Gasteiger partial charge is 0.416 e. The SMILES string of the molecule is CC(C)(c1ccc(Cl)cc1)c1nnc2sc(-c3ccc(C(F)(F)F)cc3F)nn12. The first-order valence-corrected chi connectivity index (χ1v) is 9.63. The van der Waals surface area contributed by atoms with Crippen LogP contribution in [0.3, 0.4) is 0 Å². The van der Waals surface area contributed by atoms with E-state index in [1.165, 1.54) is 4.52 Å². The zero-order valence-electron chi connectivity index (χ0n) is 15.1. The van der Waals surface area contributed by atoms with E-state index in [0.717, 1.165) is 29.0 Å². The summed E-state index contributed by atoms with van der Waals surface area (Å²) < 4.78 is 54.2. The first-order chi connectivity index (χ1) is 13.6. The van der Waals surface area contributed by atoms with E-state index >= 15 is 0 Å². The van der Waals surface area contributed by atoms with Gasteiger partial charge in [-0.2, -0.15) is 22.8 Å². The van der Waals surface area contributed by atoms with Crippen LogP contribution >= 0.6 is 22.9 Å². The van der Waals surface area contributed by atoms with Gasteiger partial charge in [-0.25, -0.2) is 4.39 Å². The molecule has 150 valence electrons. The number of nitrogens with zero attached hydrogens (tertiary/aromatic N) is 4. The highest BCUT2D eigenvalue weighted by Gasteiger charge is 2.33. The molecule has 4 aromatic rings. The van der Waals surface area contributed by atoms with E-state index in [1.807, 2.05) is 26.0 Å². The number of aromatic nitrogens is 4. The van der Waals surface area contributed by atoms with Crippen molar-refractivity contribution >= 4 is 27.9 Å². The number of rotatable bonds is 3. The van der Waals surface area contributed by atoms with Gasteiger partial charge in [0.25, 0.3) is 0 Å². The Morgan fingerprint density at radius 1 is 0.966 bits per heavy atom. The molecule has 0 atom stereocenters. The standard InChI is InChI=1S/C19H13ClF4N4S/c1-18(2,10-3-6-12(20)7-4-10)16-25-26-17-28(16)27-15(29-17)13-8-5-11(9-14(13)21)19(22,23)24/h3-9H,1-2H3. The molecule has 0 spiro atoms. The number of alkyl halides is 3. The van der Waals surface area contributed by atoms with Gasteiger partial charge in [0.15, 0.2) is 10.8 Å². The molecule has 0 bridgehead atoms. The normalized spacial score (nSPS) is 12.7. The summed E-state index contributed by atoms with van der Waals surface area (Å²) in [6.45, 7) is 3.87. The van der Waals surface area contributed by atoms with E-state index in [9.17, 15) is 17.6 Å². The van der Waals surface area contributed by atoms with Gasteiger partial charge in [-0.1, -0.05) is 35.1 Å². The van der Waals surface area contributed by atoms with Crippen LogP contribution in [0.1, 0.15) is 30.8 Å². The Labute approximate surface area is 171 Å². The lowest BCUT2D eigenvalue weighted by Crippen LogP contribution is -2.22. The minimum atomic E-state index is -4.61. The van der Waals surface area contributed by atoms with Crippen molar-refractivity contribution in [1.29, 1.82) is 0 Å².